The number of rotatable bonds is 9. The molecule has 0 aliphatic heterocycles. The summed E-state index contributed by atoms with van der Waals surface area (Å²) in [5.74, 6) is -0.310. The molecule has 1 aromatic rings. The van der Waals surface area contributed by atoms with E-state index in [4.69, 9.17) is 4.74 Å². The van der Waals surface area contributed by atoms with Crippen LogP contribution >= 0.6 is 0 Å². The lowest BCUT2D eigenvalue weighted by atomic mass is 9.68. The van der Waals surface area contributed by atoms with E-state index in [0.717, 1.165) is 55.7 Å². The predicted molar refractivity (Wildman–Crippen MR) is 114 cm³/mol. The second kappa shape index (κ2) is 11.8. The summed E-state index contributed by atoms with van der Waals surface area (Å²) in [5, 5.41) is 0. The first kappa shape index (κ1) is 23.1. The molecule has 2 aliphatic rings. The monoisotopic (exact) mass is 421 g/mol. The molecule has 3 nitrogen and oxygen atoms in total. The van der Waals surface area contributed by atoms with Crippen molar-refractivity contribution in [2.45, 2.75) is 96.8 Å². The van der Waals surface area contributed by atoms with Crippen molar-refractivity contribution < 1.29 is 18.3 Å². The van der Waals surface area contributed by atoms with Crippen LogP contribution in [0.5, 0.6) is 5.75 Å². The molecule has 0 atom stereocenters. The number of ether oxygens (including phenoxy) is 1. The second-order valence-corrected chi connectivity index (χ2v) is 9.46. The smallest absolute Gasteiger partial charge is 0.314 e. The Balaban J connectivity index is 1.34. The molecule has 0 spiro atoms. The minimum Gasteiger partial charge on any atom is -0.425 e. The maximum absolute atomic E-state index is 13.2. The number of aromatic nitrogens is 1. The number of pyridine rings is 1. The number of hydrogen-bond acceptors (Lipinski definition) is 3. The fraction of sp³-hybridized carbons (Fsp3) is 0.760. The Kier molecular flexibility index (Phi) is 9.07. The normalized spacial score (nSPS) is 27.0. The zero-order chi connectivity index (χ0) is 21.3. The maximum atomic E-state index is 13.2. The van der Waals surface area contributed by atoms with Crippen molar-refractivity contribution in [3.63, 3.8) is 0 Å². The molecule has 2 fully saturated rings. The lowest BCUT2D eigenvalue weighted by Crippen LogP contribution is -2.30. The van der Waals surface area contributed by atoms with Crippen molar-refractivity contribution in [2.24, 2.45) is 23.7 Å². The Bertz CT molecular complexity index is 665. The van der Waals surface area contributed by atoms with Crippen LogP contribution in [0, 0.1) is 35.4 Å². The average molecular weight is 422 g/mol. The standard InChI is InChI=1S/C25H37F2NO2/c1-2-3-4-5-6-7-18-8-10-19(11-9-18)20-12-14-21(15-13-20)25(29)30-22-16-23(26)24(27)28-17-22/h16-21H,2-15H2,1H3/t18-,19-,20-,21-. The van der Waals surface area contributed by atoms with Crippen LogP contribution in [0.2, 0.25) is 0 Å². The summed E-state index contributed by atoms with van der Waals surface area (Å²) in [6.45, 7) is 2.27. The molecule has 0 bridgehead atoms. The highest BCUT2D eigenvalue weighted by Crippen LogP contribution is 2.42. The zero-order valence-corrected chi connectivity index (χ0v) is 18.4. The molecule has 168 valence electrons. The number of hydrogen-bond donors (Lipinski definition) is 0. The Morgan fingerprint density at radius 3 is 2.23 bits per heavy atom. The minimum atomic E-state index is -1.18. The second-order valence-electron chi connectivity index (χ2n) is 9.46. The molecule has 30 heavy (non-hydrogen) atoms. The Hall–Kier alpha value is -1.52. The summed E-state index contributed by atoms with van der Waals surface area (Å²) in [6, 6.07) is 0.883. The van der Waals surface area contributed by atoms with Gasteiger partial charge in [0.05, 0.1) is 12.1 Å². The van der Waals surface area contributed by atoms with Gasteiger partial charge in [-0.3, -0.25) is 4.79 Å². The summed E-state index contributed by atoms with van der Waals surface area (Å²) < 4.78 is 31.4. The topological polar surface area (TPSA) is 39.2 Å². The van der Waals surface area contributed by atoms with Gasteiger partial charge in [-0.15, -0.1) is 0 Å². The lowest BCUT2D eigenvalue weighted by Gasteiger charge is -2.37. The van der Waals surface area contributed by atoms with E-state index in [2.05, 4.69) is 11.9 Å². The highest BCUT2D eigenvalue weighted by atomic mass is 19.2. The molecule has 0 unspecified atom stereocenters. The van der Waals surface area contributed by atoms with Gasteiger partial charge in [-0.1, -0.05) is 58.3 Å². The fourth-order valence-electron chi connectivity index (χ4n) is 5.47. The molecule has 0 N–H and O–H groups in total. The third-order valence-electron chi connectivity index (χ3n) is 7.37. The molecule has 0 amide bonds. The van der Waals surface area contributed by atoms with E-state index in [-0.39, 0.29) is 17.6 Å². The van der Waals surface area contributed by atoms with Crippen LogP contribution in [0.15, 0.2) is 12.3 Å². The van der Waals surface area contributed by atoms with E-state index < -0.39 is 11.8 Å². The largest absolute Gasteiger partial charge is 0.425 e. The highest BCUT2D eigenvalue weighted by molar-refractivity contribution is 5.75. The van der Waals surface area contributed by atoms with Crippen LogP contribution in [0.25, 0.3) is 0 Å². The van der Waals surface area contributed by atoms with Crippen molar-refractivity contribution in [1.82, 2.24) is 4.98 Å². The van der Waals surface area contributed by atoms with Gasteiger partial charge in [0.2, 0.25) is 5.95 Å². The van der Waals surface area contributed by atoms with Crippen molar-refractivity contribution in [3.05, 3.63) is 24.0 Å². The van der Waals surface area contributed by atoms with E-state index in [0.29, 0.717) is 0 Å². The molecular formula is C25H37F2NO2. The van der Waals surface area contributed by atoms with Crippen molar-refractivity contribution in [3.8, 4) is 5.75 Å². The molecule has 5 heteroatoms. The van der Waals surface area contributed by atoms with Crippen LogP contribution < -0.4 is 4.74 Å². The number of carbonyl (C=O) groups excluding carboxylic acids is 1. The molecule has 1 aromatic heterocycles. The summed E-state index contributed by atoms with van der Waals surface area (Å²) in [5.41, 5.74) is 0. The van der Waals surface area contributed by atoms with E-state index in [1.807, 2.05) is 0 Å². The zero-order valence-electron chi connectivity index (χ0n) is 18.4. The van der Waals surface area contributed by atoms with Crippen molar-refractivity contribution >= 4 is 5.97 Å². The SMILES string of the molecule is CCCCCCC[C@H]1CC[C@H]([C@H]2CC[C@H](C(=O)Oc3cnc(F)c(F)c3)CC2)CC1. The van der Waals surface area contributed by atoms with Gasteiger partial charge in [-0.2, -0.15) is 4.39 Å². The van der Waals surface area contributed by atoms with Crippen LogP contribution in [0.4, 0.5) is 8.78 Å². The van der Waals surface area contributed by atoms with Gasteiger partial charge in [-0.25, -0.2) is 9.37 Å². The molecular weight excluding hydrogens is 384 g/mol. The Morgan fingerprint density at radius 2 is 1.60 bits per heavy atom. The first-order valence-electron chi connectivity index (χ1n) is 12.1. The fourth-order valence-corrected chi connectivity index (χ4v) is 5.47. The molecule has 2 saturated carbocycles. The van der Waals surface area contributed by atoms with Gasteiger partial charge in [0.25, 0.3) is 0 Å². The van der Waals surface area contributed by atoms with Crippen molar-refractivity contribution in [1.29, 1.82) is 0 Å². The number of unbranched alkanes of at least 4 members (excludes halogenated alkanes) is 4. The first-order chi connectivity index (χ1) is 14.6. The molecule has 0 radical (unpaired) electrons. The van der Waals surface area contributed by atoms with Gasteiger partial charge >= 0.3 is 5.97 Å². The van der Waals surface area contributed by atoms with E-state index >= 15 is 0 Å². The summed E-state index contributed by atoms with van der Waals surface area (Å²) in [6.07, 6.45) is 18.6. The quantitative estimate of drug-likeness (QED) is 0.240. The highest BCUT2D eigenvalue weighted by Gasteiger charge is 2.33. The molecule has 0 saturated heterocycles. The van der Waals surface area contributed by atoms with Crippen LogP contribution in [-0.2, 0) is 4.79 Å². The molecule has 1 heterocycles. The van der Waals surface area contributed by atoms with Gasteiger partial charge in [-0.05, 0) is 56.3 Å². The van der Waals surface area contributed by atoms with Gasteiger partial charge in [0, 0.05) is 6.07 Å². The van der Waals surface area contributed by atoms with Gasteiger partial charge < -0.3 is 4.74 Å². The van der Waals surface area contributed by atoms with Crippen molar-refractivity contribution in [2.75, 3.05) is 0 Å². The third-order valence-corrected chi connectivity index (χ3v) is 7.37. The molecule has 2 aliphatic carbocycles. The van der Waals surface area contributed by atoms with Gasteiger partial charge in [0.1, 0.15) is 0 Å². The van der Waals surface area contributed by atoms with Gasteiger partial charge in [0.15, 0.2) is 11.6 Å². The number of esters is 1. The number of nitrogens with zero attached hydrogens (tertiary/aromatic N) is 1. The molecule has 3 rings (SSSR count). The average Bonchev–Trinajstić information content (AvgIpc) is 2.77. The lowest BCUT2D eigenvalue weighted by molar-refractivity contribution is -0.140. The van der Waals surface area contributed by atoms with Crippen LogP contribution in [-0.4, -0.2) is 11.0 Å². The predicted octanol–water partition coefficient (Wildman–Crippen LogP) is 7.24. The van der Waals surface area contributed by atoms with E-state index in [9.17, 15) is 13.6 Å². The summed E-state index contributed by atoms with van der Waals surface area (Å²) >= 11 is 0. The maximum Gasteiger partial charge on any atom is 0.314 e. The third kappa shape index (κ3) is 6.75. The van der Waals surface area contributed by atoms with E-state index in [1.54, 1.807) is 0 Å². The Labute approximate surface area is 180 Å². The number of halogens is 2. The first-order valence-corrected chi connectivity index (χ1v) is 12.1. The van der Waals surface area contributed by atoms with Crippen LogP contribution in [0.1, 0.15) is 96.8 Å². The van der Waals surface area contributed by atoms with Crippen LogP contribution in [0.3, 0.4) is 0 Å². The van der Waals surface area contributed by atoms with E-state index in [1.165, 1.54) is 64.2 Å². The Morgan fingerprint density at radius 1 is 0.967 bits per heavy atom. The summed E-state index contributed by atoms with van der Waals surface area (Å²) in [4.78, 5) is 15.7. The minimum absolute atomic E-state index is 0.0194. The number of carbonyl (C=O) groups is 1. The summed E-state index contributed by atoms with van der Waals surface area (Å²) in [7, 11) is 0. The molecule has 0 aromatic carbocycles.